The van der Waals surface area contributed by atoms with Crippen LogP contribution in [0.5, 0.6) is 5.75 Å². The molecule has 0 aromatic heterocycles. The van der Waals surface area contributed by atoms with Gasteiger partial charge in [-0.25, -0.2) is 8.78 Å². The number of nitrogens with zero attached hydrogens (tertiary/aromatic N) is 1. The number of carbonyl (C=O) groups is 1. The standard InChI is InChI=1S/C11H11F2NO4/c1-3-18-9-5-7(14(16)17)4-8(6(2)15)10(9)11(12)13/h4-5,11H,3H2,1-2H3. The van der Waals surface area contributed by atoms with Gasteiger partial charge in [-0.15, -0.1) is 0 Å². The third-order valence-electron chi connectivity index (χ3n) is 2.23. The molecule has 0 N–H and O–H groups in total. The normalized spacial score (nSPS) is 10.5. The number of alkyl halides is 2. The van der Waals surface area contributed by atoms with Crippen LogP contribution in [0, 0.1) is 10.1 Å². The number of hydrogen-bond acceptors (Lipinski definition) is 4. The maximum Gasteiger partial charge on any atom is 0.273 e. The van der Waals surface area contributed by atoms with Gasteiger partial charge in [-0.05, 0) is 13.8 Å². The first kappa shape index (κ1) is 14.0. The van der Waals surface area contributed by atoms with Gasteiger partial charge >= 0.3 is 0 Å². The third-order valence-corrected chi connectivity index (χ3v) is 2.23. The van der Waals surface area contributed by atoms with Crippen molar-refractivity contribution in [3.63, 3.8) is 0 Å². The summed E-state index contributed by atoms with van der Waals surface area (Å²) in [5.74, 6) is -0.998. The molecule has 1 aromatic rings. The Morgan fingerprint density at radius 3 is 2.50 bits per heavy atom. The Hall–Kier alpha value is -2.05. The molecule has 0 fully saturated rings. The van der Waals surface area contributed by atoms with Gasteiger partial charge in [0.2, 0.25) is 0 Å². The second-order valence-corrected chi connectivity index (χ2v) is 3.45. The van der Waals surface area contributed by atoms with E-state index in [0.717, 1.165) is 19.1 Å². The molecule has 0 unspecified atom stereocenters. The highest BCUT2D eigenvalue weighted by Gasteiger charge is 2.25. The summed E-state index contributed by atoms with van der Waals surface area (Å²) in [5.41, 5.74) is -1.44. The van der Waals surface area contributed by atoms with Crippen molar-refractivity contribution < 1.29 is 23.2 Å². The van der Waals surface area contributed by atoms with Gasteiger partial charge in [0.15, 0.2) is 5.78 Å². The molecule has 5 nitrogen and oxygen atoms in total. The number of nitro benzene ring substituents is 1. The van der Waals surface area contributed by atoms with Crippen LogP contribution >= 0.6 is 0 Å². The number of nitro groups is 1. The minimum Gasteiger partial charge on any atom is -0.493 e. The van der Waals surface area contributed by atoms with Crippen molar-refractivity contribution in [2.45, 2.75) is 20.3 Å². The molecule has 0 heterocycles. The summed E-state index contributed by atoms with van der Waals surface area (Å²) < 4.78 is 30.7. The zero-order chi connectivity index (χ0) is 13.9. The van der Waals surface area contributed by atoms with E-state index in [4.69, 9.17) is 4.74 Å². The summed E-state index contributed by atoms with van der Waals surface area (Å²) in [6.45, 7) is 2.69. The smallest absolute Gasteiger partial charge is 0.273 e. The van der Waals surface area contributed by atoms with Crippen molar-refractivity contribution in [1.82, 2.24) is 0 Å². The molecule has 0 spiro atoms. The van der Waals surface area contributed by atoms with Gasteiger partial charge in [0.1, 0.15) is 5.75 Å². The van der Waals surface area contributed by atoms with Crippen molar-refractivity contribution in [3.05, 3.63) is 33.4 Å². The molecule has 1 rings (SSSR count). The molecule has 1 aromatic carbocycles. The van der Waals surface area contributed by atoms with Gasteiger partial charge in [0.25, 0.3) is 12.1 Å². The molecule has 0 bridgehead atoms. The number of halogens is 2. The van der Waals surface area contributed by atoms with Crippen molar-refractivity contribution >= 4 is 11.5 Å². The van der Waals surface area contributed by atoms with E-state index in [-0.39, 0.29) is 17.9 Å². The molecule has 98 valence electrons. The van der Waals surface area contributed by atoms with Crippen molar-refractivity contribution in [2.24, 2.45) is 0 Å². The van der Waals surface area contributed by atoms with Gasteiger partial charge in [0.05, 0.1) is 23.2 Å². The predicted molar refractivity (Wildman–Crippen MR) is 59.2 cm³/mol. The van der Waals surface area contributed by atoms with E-state index in [2.05, 4.69) is 0 Å². The van der Waals surface area contributed by atoms with Crippen LogP contribution in [0.3, 0.4) is 0 Å². The molecular weight excluding hydrogens is 248 g/mol. The Morgan fingerprint density at radius 2 is 2.11 bits per heavy atom. The van der Waals surface area contributed by atoms with Gasteiger partial charge in [0, 0.05) is 11.6 Å². The van der Waals surface area contributed by atoms with Crippen molar-refractivity contribution in [2.75, 3.05) is 6.61 Å². The lowest BCUT2D eigenvalue weighted by Gasteiger charge is -2.12. The lowest BCUT2D eigenvalue weighted by Crippen LogP contribution is -2.06. The predicted octanol–water partition coefficient (Wildman–Crippen LogP) is 3.13. The Morgan fingerprint density at radius 1 is 1.50 bits per heavy atom. The Balaban J connectivity index is 3.54. The highest BCUT2D eigenvalue weighted by molar-refractivity contribution is 5.97. The molecule has 0 aliphatic heterocycles. The molecule has 0 aliphatic carbocycles. The van der Waals surface area contributed by atoms with Gasteiger partial charge in [-0.3, -0.25) is 14.9 Å². The topological polar surface area (TPSA) is 69.4 Å². The van der Waals surface area contributed by atoms with E-state index in [0.29, 0.717) is 0 Å². The molecule has 0 radical (unpaired) electrons. The largest absolute Gasteiger partial charge is 0.493 e. The first-order valence-corrected chi connectivity index (χ1v) is 5.12. The third kappa shape index (κ3) is 2.79. The summed E-state index contributed by atoms with van der Waals surface area (Å²) in [7, 11) is 0. The summed E-state index contributed by atoms with van der Waals surface area (Å²) in [6, 6.07) is 1.74. The van der Waals surface area contributed by atoms with Crippen LogP contribution in [-0.4, -0.2) is 17.3 Å². The van der Waals surface area contributed by atoms with Crippen LogP contribution in [0.1, 0.15) is 36.2 Å². The van der Waals surface area contributed by atoms with E-state index in [1.165, 1.54) is 0 Å². The van der Waals surface area contributed by atoms with Crippen LogP contribution in [0.4, 0.5) is 14.5 Å². The number of non-ortho nitro benzene ring substituents is 1. The van der Waals surface area contributed by atoms with Crippen molar-refractivity contribution in [1.29, 1.82) is 0 Å². The van der Waals surface area contributed by atoms with Crippen LogP contribution in [0.25, 0.3) is 0 Å². The fraction of sp³-hybridized carbons (Fsp3) is 0.364. The molecule has 0 saturated carbocycles. The summed E-state index contributed by atoms with van der Waals surface area (Å²) in [5, 5.41) is 10.7. The maximum absolute atomic E-state index is 12.9. The number of benzene rings is 1. The number of rotatable bonds is 5. The van der Waals surface area contributed by atoms with Gasteiger partial charge in [-0.1, -0.05) is 0 Å². The molecule has 0 amide bonds. The van der Waals surface area contributed by atoms with Gasteiger partial charge < -0.3 is 4.74 Å². The van der Waals surface area contributed by atoms with Crippen molar-refractivity contribution in [3.8, 4) is 5.75 Å². The van der Waals surface area contributed by atoms with Crippen LogP contribution in [-0.2, 0) is 0 Å². The molecule has 0 aliphatic rings. The monoisotopic (exact) mass is 259 g/mol. The summed E-state index contributed by atoms with van der Waals surface area (Å²) in [6.07, 6.45) is -2.94. The Kier molecular flexibility index (Phi) is 4.30. The molecule has 7 heteroatoms. The highest BCUT2D eigenvalue weighted by Crippen LogP contribution is 2.36. The first-order valence-electron chi connectivity index (χ1n) is 5.12. The zero-order valence-electron chi connectivity index (χ0n) is 9.78. The lowest BCUT2D eigenvalue weighted by atomic mass is 10.0. The lowest BCUT2D eigenvalue weighted by molar-refractivity contribution is -0.385. The van der Waals surface area contributed by atoms with Gasteiger partial charge in [-0.2, -0.15) is 0 Å². The fourth-order valence-electron chi connectivity index (χ4n) is 1.51. The average Bonchev–Trinajstić information content (AvgIpc) is 2.27. The number of ketones is 1. The number of hydrogen-bond donors (Lipinski definition) is 0. The van der Waals surface area contributed by atoms with E-state index in [9.17, 15) is 23.7 Å². The molecular formula is C11H11F2NO4. The van der Waals surface area contributed by atoms with Crippen LogP contribution in [0.15, 0.2) is 12.1 Å². The average molecular weight is 259 g/mol. The SMILES string of the molecule is CCOc1cc([N+](=O)[O-])cc(C(C)=O)c1C(F)F. The maximum atomic E-state index is 12.9. The van der Waals surface area contributed by atoms with E-state index >= 15 is 0 Å². The van der Waals surface area contributed by atoms with Crippen LogP contribution < -0.4 is 4.74 Å². The number of Topliss-reactive ketones (excluding diaryl/α,β-unsaturated/α-hetero) is 1. The molecule has 0 atom stereocenters. The quantitative estimate of drug-likeness (QED) is 0.462. The van der Waals surface area contributed by atoms with E-state index < -0.39 is 28.4 Å². The first-order chi connectivity index (χ1) is 8.38. The van der Waals surface area contributed by atoms with E-state index in [1.54, 1.807) is 6.92 Å². The second kappa shape index (κ2) is 5.52. The van der Waals surface area contributed by atoms with Crippen LogP contribution in [0.2, 0.25) is 0 Å². The zero-order valence-corrected chi connectivity index (χ0v) is 9.78. The second-order valence-electron chi connectivity index (χ2n) is 3.45. The Bertz CT molecular complexity index is 488. The van der Waals surface area contributed by atoms with E-state index in [1.807, 2.05) is 0 Å². The Labute approximate surface area is 102 Å². The molecule has 18 heavy (non-hydrogen) atoms. The minimum absolute atomic E-state index is 0.0677. The fourth-order valence-corrected chi connectivity index (χ4v) is 1.51. The number of ether oxygens (including phenoxy) is 1. The summed E-state index contributed by atoms with van der Waals surface area (Å²) >= 11 is 0. The summed E-state index contributed by atoms with van der Waals surface area (Å²) in [4.78, 5) is 21.2. The molecule has 0 saturated heterocycles. The minimum atomic E-state index is -2.94. The highest BCUT2D eigenvalue weighted by atomic mass is 19.3. The number of carbonyl (C=O) groups excluding carboxylic acids is 1.